The minimum absolute atomic E-state index is 0.247. The first-order chi connectivity index (χ1) is 31.1. The Bertz CT molecular complexity index is 2780. The van der Waals surface area contributed by atoms with Gasteiger partial charge in [-0.05, 0) is 113 Å². The summed E-state index contributed by atoms with van der Waals surface area (Å²) in [6.45, 7) is 0.971. The number of aromatic amines is 1. The number of hydrogen-bond acceptors (Lipinski definition) is 8. The highest BCUT2D eigenvalue weighted by atomic mass is 19.1. The zero-order chi connectivity index (χ0) is 44.5. The van der Waals surface area contributed by atoms with Crippen molar-refractivity contribution in [2.24, 2.45) is 4.99 Å². The maximum Gasteiger partial charge on any atom is 0.407 e. The minimum Gasteiger partial charge on any atom is -0.453 e. The molecule has 3 aliphatic rings. The van der Waals surface area contributed by atoms with Crippen molar-refractivity contribution in [2.75, 3.05) is 27.3 Å². The Morgan fingerprint density at radius 1 is 0.656 bits per heavy atom. The van der Waals surface area contributed by atoms with Gasteiger partial charge in [0.15, 0.2) is 0 Å². The molecule has 4 amide bonds. The molecule has 0 saturated carbocycles. The molecule has 9 rings (SSSR count). The van der Waals surface area contributed by atoms with Crippen LogP contribution in [0.5, 0.6) is 0 Å². The van der Waals surface area contributed by atoms with Gasteiger partial charge in [0, 0.05) is 25.2 Å². The molecule has 0 aliphatic carbocycles. The van der Waals surface area contributed by atoms with E-state index in [2.05, 4.69) is 45.9 Å². The first-order valence-electron chi connectivity index (χ1n) is 21.2. The van der Waals surface area contributed by atoms with Gasteiger partial charge < -0.3 is 34.9 Å². The number of halogens is 2. The quantitative estimate of drug-likeness (QED) is 0.124. The van der Waals surface area contributed by atoms with Crippen molar-refractivity contribution < 1.29 is 37.4 Å². The normalized spacial score (nSPS) is 17.7. The lowest BCUT2D eigenvalue weighted by Gasteiger charge is -2.29. The maximum atomic E-state index is 14.0. The predicted molar refractivity (Wildman–Crippen MR) is 236 cm³/mol. The Morgan fingerprint density at radius 3 is 1.72 bits per heavy atom. The number of nitrogens with zero attached hydrogens (tertiary/aromatic N) is 4. The van der Waals surface area contributed by atoms with Crippen molar-refractivity contribution in [1.29, 1.82) is 0 Å². The second-order valence-corrected chi connectivity index (χ2v) is 16.2. The van der Waals surface area contributed by atoms with Gasteiger partial charge in [0.05, 0.1) is 43.0 Å². The third-order valence-corrected chi connectivity index (χ3v) is 12.3. The monoisotopic (exact) mass is 865 g/mol. The Balaban J connectivity index is 0.882. The Hall–Kier alpha value is -7.42. The molecule has 13 nitrogen and oxygen atoms in total. The summed E-state index contributed by atoms with van der Waals surface area (Å²) in [5, 5.41) is 5.25. The minimum atomic E-state index is -1.07. The molecule has 0 unspecified atom stereocenters. The van der Waals surface area contributed by atoms with Crippen LogP contribution in [0.2, 0.25) is 0 Å². The lowest BCUT2D eigenvalue weighted by atomic mass is 9.96. The van der Waals surface area contributed by atoms with E-state index >= 15 is 0 Å². The van der Waals surface area contributed by atoms with Crippen molar-refractivity contribution in [1.82, 2.24) is 30.4 Å². The van der Waals surface area contributed by atoms with E-state index in [4.69, 9.17) is 19.5 Å². The van der Waals surface area contributed by atoms with E-state index in [1.54, 1.807) is 9.80 Å². The second-order valence-electron chi connectivity index (χ2n) is 16.2. The molecular weight excluding hydrogens is 821 g/mol. The molecule has 64 heavy (non-hydrogen) atoms. The average molecular weight is 866 g/mol. The molecule has 0 spiro atoms. The SMILES string of the molecule is COC(=O)N[C@H](C(=O)N1CCC[C@H]1C1=Nc2ccc(-c3ccc(-c4ccc5nc([C@@H]6CCCN6C(=O)[C@@H](NC(=O)OC)c6ccc(F)cc6)[nH]c5c4)cc3)cc2C1)c1ccc(F)cc1. The van der Waals surface area contributed by atoms with Gasteiger partial charge in [0.2, 0.25) is 5.91 Å². The van der Waals surface area contributed by atoms with Crippen molar-refractivity contribution >= 4 is 46.4 Å². The van der Waals surface area contributed by atoms with Gasteiger partial charge in [-0.2, -0.15) is 0 Å². The van der Waals surface area contributed by atoms with Gasteiger partial charge in [0.1, 0.15) is 29.5 Å². The molecule has 1 aromatic heterocycles. The van der Waals surface area contributed by atoms with Crippen LogP contribution in [0.3, 0.4) is 0 Å². The van der Waals surface area contributed by atoms with E-state index in [-0.39, 0.29) is 23.9 Å². The highest BCUT2D eigenvalue weighted by molar-refractivity contribution is 6.01. The van der Waals surface area contributed by atoms with Gasteiger partial charge in [-0.25, -0.2) is 23.4 Å². The number of aliphatic imine (C=N–C) groups is 1. The second kappa shape index (κ2) is 17.8. The molecule has 3 aliphatic heterocycles. The molecule has 6 aromatic rings. The number of amides is 4. The number of alkyl carbamates (subject to hydrolysis) is 2. The summed E-state index contributed by atoms with van der Waals surface area (Å²) in [6.07, 6.45) is 2.00. The first-order valence-corrected chi connectivity index (χ1v) is 21.2. The third kappa shape index (κ3) is 8.40. The zero-order valence-electron chi connectivity index (χ0n) is 35.1. The molecule has 2 fully saturated rings. The Labute approximate surface area is 367 Å². The van der Waals surface area contributed by atoms with E-state index < -0.39 is 35.9 Å². The van der Waals surface area contributed by atoms with Crippen LogP contribution in [0.15, 0.2) is 114 Å². The summed E-state index contributed by atoms with van der Waals surface area (Å²) in [5.41, 5.74) is 9.35. The number of nitrogens with one attached hydrogen (secondary N) is 3. The lowest BCUT2D eigenvalue weighted by molar-refractivity contribution is -0.135. The fourth-order valence-electron chi connectivity index (χ4n) is 9.08. The molecular formula is C49H45F2N7O6. The summed E-state index contributed by atoms with van der Waals surface area (Å²) < 4.78 is 37.1. The lowest BCUT2D eigenvalue weighted by Crippen LogP contribution is -2.47. The number of likely N-dealkylation sites (tertiary alicyclic amines) is 2. The number of H-pyrrole nitrogens is 1. The van der Waals surface area contributed by atoms with Crippen molar-refractivity contribution in [3.05, 3.63) is 143 Å². The summed E-state index contributed by atoms with van der Waals surface area (Å²) in [4.78, 5) is 69.3. The van der Waals surface area contributed by atoms with Crippen LogP contribution in [0.25, 0.3) is 33.3 Å². The number of benzene rings is 5. The number of carbonyl (C=O) groups is 4. The van der Waals surface area contributed by atoms with Gasteiger partial charge in [-0.1, -0.05) is 60.7 Å². The van der Waals surface area contributed by atoms with Crippen LogP contribution in [-0.2, 0) is 25.5 Å². The standard InChI is InChI=1S/C49H45F2N7O6/c1-63-48(61)55-43(30-11-17-35(50)18-12-30)46(59)57-23-3-5-41(57)40-27-34-25-32(15-21-37(34)52-40)28-7-9-29(10-8-28)33-16-22-38-39(26-33)54-45(53-38)42-6-4-24-58(42)47(60)44(56-49(62)64-2)31-13-19-36(51)20-14-31/h7-22,25-26,41-44H,3-6,23-24,27H2,1-2H3,(H,53,54)(H,55,61)(H,56,62)/t41-,42-,43-,44-/m0/s1. The number of hydrogen-bond donors (Lipinski definition) is 3. The topological polar surface area (TPSA) is 158 Å². The van der Waals surface area contributed by atoms with Crippen molar-refractivity contribution in [2.45, 2.75) is 56.3 Å². The van der Waals surface area contributed by atoms with Gasteiger partial charge >= 0.3 is 12.2 Å². The predicted octanol–water partition coefficient (Wildman–Crippen LogP) is 8.65. The van der Waals surface area contributed by atoms with Gasteiger partial charge in [-0.3, -0.25) is 14.6 Å². The van der Waals surface area contributed by atoms with E-state index in [0.29, 0.717) is 42.9 Å². The molecule has 15 heteroatoms. The van der Waals surface area contributed by atoms with Crippen LogP contribution in [-0.4, -0.2) is 82.8 Å². The third-order valence-electron chi connectivity index (χ3n) is 12.3. The Morgan fingerprint density at radius 2 is 1.16 bits per heavy atom. The molecule has 5 aromatic carbocycles. The molecule has 4 heterocycles. The number of methoxy groups -OCH3 is 2. The van der Waals surface area contributed by atoms with Crippen molar-refractivity contribution in [3.8, 4) is 22.3 Å². The zero-order valence-corrected chi connectivity index (χ0v) is 35.1. The molecule has 4 atom stereocenters. The fraction of sp³-hybridized carbons (Fsp3) is 0.265. The van der Waals surface area contributed by atoms with Crippen LogP contribution in [0, 0.1) is 11.6 Å². The fourth-order valence-corrected chi connectivity index (χ4v) is 9.08. The Kier molecular flexibility index (Phi) is 11.6. The molecule has 0 bridgehead atoms. The smallest absolute Gasteiger partial charge is 0.407 e. The number of fused-ring (bicyclic) bond motifs is 2. The number of ether oxygens (including phenoxy) is 2. The van der Waals surface area contributed by atoms with Gasteiger partial charge in [0.25, 0.3) is 5.91 Å². The van der Waals surface area contributed by atoms with Crippen LogP contribution in [0.4, 0.5) is 24.1 Å². The summed E-state index contributed by atoms with van der Waals surface area (Å²) in [5.74, 6) is -0.893. The maximum absolute atomic E-state index is 14.0. The number of aromatic nitrogens is 2. The number of imidazole rings is 1. The van der Waals surface area contributed by atoms with E-state index in [9.17, 15) is 28.0 Å². The van der Waals surface area contributed by atoms with Crippen molar-refractivity contribution in [3.63, 3.8) is 0 Å². The highest BCUT2D eigenvalue weighted by Gasteiger charge is 2.39. The van der Waals surface area contributed by atoms with Crippen LogP contribution >= 0.6 is 0 Å². The summed E-state index contributed by atoms with van der Waals surface area (Å²) >= 11 is 0. The van der Waals surface area contributed by atoms with Gasteiger partial charge in [-0.15, -0.1) is 0 Å². The van der Waals surface area contributed by atoms with Crippen LogP contribution in [0.1, 0.15) is 66.3 Å². The molecule has 326 valence electrons. The number of carbonyl (C=O) groups excluding carboxylic acids is 4. The molecule has 0 radical (unpaired) electrons. The van der Waals surface area contributed by atoms with E-state index in [0.717, 1.165) is 69.5 Å². The van der Waals surface area contributed by atoms with Crippen LogP contribution < -0.4 is 10.6 Å². The molecule has 2 saturated heterocycles. The largest absolute Gasteiger partial charge is 0.453 e. The number of rotatable bonds is 10. The molecule has 3 N–H and O–H groups in total. The average Bonchev–Trinajstić information content (AvgIpc) is 4.16. The summed E-state index contributed by atoms with van der Waals surface area (Å²) in [6, 6.07) is 28.8. The van der Waals surface area contributed by atoms with E-state index in [1.807, 2.05) is 30.3 Å². The summed E-state index contributed by atoms with van der Waals surface area (Å²) in [7, 11) is 2.45. The van der Waals surface area contributed by atoms with E-state index in [1.165, 1.54) is 62.8 Å². The first kappa shape index (κ1) is 41.9. The highest BCUT2D eigenvalue weighted by Crippen LogP contribution is 2.38.